The lowest BCUT2D eigenvalue weighted by molar-refractivity contribution is 0.0697. The molecule has 0 bridgehead atoms. The van der Waals surface area contributed by atoms with Gasteiger partial charge in [-0.1, -0.05) is 71.1 Å². The molecule has 196 valence electrons. The molecule has 0 aromatic heterocycles. The van der Waals surface area contributed by atoms with Gasteiger partial charge >= 0.3 is 5.97 Å². The maximum absolute atomic E-state index is 13.2. The fourth-order valence-electron chi connectivity index (χ4n) is 4.84. The van der Waals surface area contributed by atoms with Gasteiger partial charge in [-0.3, -0.25) is 0 Å². The number of fused-ring (bicyclic) bond motifs is 1. The van der Waals surface area contributed by atoms with Crippen LogP contribution in [0.25, 0.3) is 11.6 Å². The van der Waals surface area contributed by atoms with Gasteiger partial charge < -0.3 is 9.84 Å². The third-order valence-corrected chi connectivity index (χ3v) is 8.92. The Kier molecular flexibility index (Phi) is 9.40. The molecule has 2 aromatic carbocycles. The summed E-state index contributed by atoms with van der Waals surface area (Å²) in [5.74, 6) is -0.203. The molecular weight excluding hydrogens is 472 g/mol. The Labute approximate surface area is 216 Å². The number of rotatable bonds is 11. The van der Waals surface area contributed by atoms with Crippen LogP contribution in [0, 0.1) is 0 Å². The van der Waals surface area contributed by atoms with E-state index in [9.17, 15) is 18.3 Å². The molecule has 36 heavy (non-hydrogen) atoms. The highest BCUT2D eigenvalue weighted by Gasteiger charge is 2.34. The van der Waals surface area contributed by atoms with Gasteiger partial charge in [-0.2, -0.15) is 0 Å². The first kappa shape index (κ1) is 28.0. The minimum absolute atomic E-state index is 0.157. The van der Waals surface area contributed by atoms with E-state index in [1.807, 2.05) is 19.1 Å². The first-order chi connectivity index (χ1) is 17.0. The number of aromatic carboxylic acids is 1. The number of ether oxygens (including phenoxy) is 1. The van der Waals surface area contributed by atoms with Crippen molar-refractivity contribution in [2.75, 3.05) is 12.4 Å². The van der Waals surface area contributed by atoms with Crippen molar-refractivity contribution in [3.8, 4) is 5.75 Å². The number of unbranched alkanes of at least 4 members (excludes halogenated alkanes) is 5. The SMILES string of the molecule is CCCCCCCCOc1cc2c(cc1/C(C)=C\c1ccc(C(=O)O)cc1)C(C)(C)CCCS2(=O)=O. The summed E-state index contributed by atoms with van der Waals surface area (Å²) in [5, 5.41) is 9.18. The summed E-state index contributed by atoms with van der Waals surface area (Å²) in [6.07, 6.45) is 10.3. The van der Waals surface area contributed by atoms with E-state index in [0.29, 0.717) is 23.7 Å². The molecule has 0 amide bonds. The number of carbonyl (C=O) groups is 1. The van der Waals surface area contributed by atoms with Gasteiger partial charge in [-0.15, -0.1) is 0 Å². The Bertz CT molecular complexity index is 1190. The molecule has 0 unspecified atom stereocenters. The van der Waals surface area contributed by atoms with E-state index in [0.717, 1.165) is 41.5 Å². The molecule has 0 saturated heterocycles. The number of allylic oxidation sites excluding steroid dienone is 1. The molecule has 0 spiro atoms. The number of carboxylic acid groups (broad SMARTS) is 1. The fourth-order valence-corrected chi connectivity index (χ4v) is 6.54. The molecule has 0 aliphatic carbocycles. The molecule has 1 heterocycles. The molecule has 0 atom stereocenters. The third-order valence-electron chi connectivity index (χ3n) is 7.08. The first-order valence-corrected chi connectivity index (χ1v) is 14.8. The zero-order valence-electron chi connectivity index (χ0n) is 22.1. The van der Waals surface area contributed by atoms with E-state index in [4.69, 9.17) is 4.74 Å². The zero-order chi connectivity index (χ0) is 26.3. The van der Waals surface area contributed by atoms with Crippen LogP contribution in [0.15, 0.2) is 41.3 Å². The van der Waals surface area contributed by atoms with E-state index in [1.165, 1.54) is 25.7 Å². The summed E-state index contributed by atoms with van der Waals surface area (Å²) < 4.78 is 32.5. The van der Waals surface area contributed by atoms with E-state index >= 15 is 0 Å². The van der Waals surface area contributed by atoms with Crippen molar-refractivity contribution in [2.24, 2.45) is 0 Å². The Morgan fingerprint density at radius 2 is 1.72 bits per heavy atom. The molecule has 0 radical (unpaired) electrons. The molecule has 1 N–H and O–H groups in total. The minimum atomic E-state index is -3.39. The van der Waals surface area contributed by atoms with Crippen molar-refractivity contribution in [1.82, 2.24) is 0 Å². The highest BCUT2D eigenvalue weighted by molar-refractivity contribution is 7.91. The van der Waals surface area contributed by atoms with Crippen LogP contribution in [-0.2, 0) is 15.3 Å². The quantitative estimate of drug-likeness (QED) is 0.249. The lowest BCUT2D eigenvalue weighted by Crippen LogP contribution is -2.18. The maximum Gasteiger partial charge on any atom is 0.335 e. The number of hydrogen-bond acceptors (Lipinski definition) is 4. The summed E-state index contributed by atoms with van der Waals surface area (Å²) in [6, 6.07) is 10.5. The number of hydrogen-bond donors (Lipinski definition) is 1. The Hall–Kier alpha value is -2.60. The van der Waals surface area contributed by atoms with Crippen molar-refractivity contribution in [2.45, 2.75) is 89.4 Å². The summed E-state index contributed by atoms with van der Waals surface area (Å²) in [7, 11) is -3.39. The molecule has 5 nitrogen and oxygen atoms in total. The van der Waals surface area contributed by atoms with Gasteiger partial charge in [-0.05, 0) is 72.6 Å². The van der Waals surface area contributed by atoms with Crippen LogP contribution >= 0.6 is 0 Å². The van der Waals surface area contributed by atoms with Gasteiger partial charge in [-0.25, -0.2) is 13.2 Å². The predicted octanol–water partition coefficient (Wildman–Crippen LogP) is 7.53. The average Bonchev–Trinajstić information content (AvgIpc) is 2.91. The second-order valence-electron chi connectivity index (χ2n) is 10.5. The molecule has 6 heteroatoms. The second kappa shape index (κ2) is 12.1. The number of sulfone groups is 1. The average molecular weight is 513 g/mol. The Balaban J connectivity index is 1.98. The smallest absolute Gasteiger partial charge is 0.335 e. The highest BCUT2D eigenvalue weighted by Crippen LogP contribution is 2.42. The van der Waals surface area contributed by atoms with Crippen molar-refractivity contribution in [1.29, 1.82) is 0 Å². The molecule has 2 aromatic rings. The number of benzene rings is 2. The molecule has 3 rings (SSSR count). The van der Waals surface area contributed by atoms with Gasteiger partial charge in [0.15, 0.2) is 9.84 Å². The zero-order valence-corrected chi connectivity index (χ0v) is 22.9. The highest BCUT2D eigenvalue weighted by atomic mass is 32.2. The predicted molar refractivity (Wildman–Crippen MR) is 147 cm³/mol. The third kappa shape index (κ3) is 7.00. The minimum Gasteiger partial charge on any atom is -0.493 e. The molecule has 0 saturated carbocycles. The molecule has 0 fully saturated rings. The first-order valence-electron chi connectivity index (χ1n) is 13.1. The van der Waals surface area contributed by atoms with Crippen LogP contribution in [0.1, 0.15) is 106 Å². The van der Waals surface area contributed by atoms with Crippen molar-refractivity contribution in [3.05, 3.63) is 58.7 Å². The van der Waals surface area contributed by atoms with Crippen molar-refractivity contribution < 1.29 is 23.1 Å². The normalized spacial score (nSPS) is 16.7. The van der Waals surface area contributed by atoms with Crippen LogP contribution in [0.4, 0.5) is 0 Å². The van der Waals surface area contributed by atoms with E-state index in [1.54, 1.807) is 30.3 Å². The topological polar surface area (TPSA) is 80.7 Å². The van der Waals surface area contributed by atoms with Gasteiger partial charge in [0, 0.05) is 5.56 Å². The van der Waals surface area contributed by atoms with Gasteiger partial charge in [0.2, 0.25) is 0 Å². The summed E-state index contributed by atoms with van der Waals surface area (Å²) in [5.41, 5.74) is 3.51. The summed E-state index contributed by atoms with van der Waals surface area (Å²) >= 11 is 0. The monoisotopic (exact) mass is 512 g/mol. The van der Waals surface area contributed by atoms with Crippen LogP contribution in [0.5, 0.6) is 5.75 Å². The van der Waals surface area contributed by atoms with Crippen LogP contribution in [0.3, 0.4) is 0 Å². The lowest BCUT2D eigenvalue weighted by atomic mass is 9.79. The summed E-state index contributed by atoms with van der Waals surface area (Å²) in [6.45, 7) is 8.95. The largest absolute Gasteiger partial charge is 0.493 e. The molecular formula is C30H40O5S. The van der Waals surface area contributed by atoms with E-state index < -0.39 is 15.8 Å². The number of carboxylic acids is 1. The standard InChI is InChI=1S/C30H40O5S/c1-5-6-7-8-9-10-17-35-27-21-28-26(30(3,4)16-11-18-36(28,33)34)20-25(27)22(2)19-23-12-14-24(15-13-23)29(31)32/h12-15,19-21H,5-11,16-18H2,1-4H3,(H,31,32)/b22-19-. The van der Waals surface area contributed by atoms with Gasteiger partial charge in [0.05, 0.1) is 22.8 Å². The summed E-state index contributed by atoms with van der Waals surface area (Å²) in [4.78, 5) is 11.6. The van der Waals surface area contributed by atoms with E-state index in [2.05, 4.69) is 20.8 Å². The second-order valence-corrected chi connectivity index (χ2v) is 12.6. The van der Waals surface area contributed by atoms with E-state index in [-0.39, 0.29) is 16.7 Å². The van der Waals surface area contributed by atoms with Crippen LogP contribution in [0.2, 0.25) is 0 Å². The molecule has 1 aliphatic heterocycles. The van der Waals surface area contributed by atoms with Crippen molar-refractivity contribution >= 4 is 27.5 Å². The fraction of sp³-hybridized carbons (Fsp3) is 0.500. The maximum atomic E-state index is 13.2. The van der Waals surface area contributed by atoms with Crippen LogP contribution < -0.4 is 4.74 Å². The van der Waals surface area contributed by atoms with Gasteiger partial charge in [0.1, 0.15) is 5.75 Å². The van der Waals surface area contributed by atoms with Gasteiger partial charge in [0.25, 0.3) is 0 Å². The lowest BCUT2D eigenvalue weighted by Gasteiger charge is -2.26. The Morgan fingerprint density at radius 1 is 1.06 bits per heavy atom. The Morgan fingerprint density at radius 3 is 2.39 bits per heavy atom. The molecule has 1 aliphatic rings. The van der Waals surface area contributed by atoms with Crippen molar-refractivity contribution in [3.63, 3.8) is 0 Å². The van der Waals surface area contributed by atoms with Crippen LogP contribution in [-0.4, -0.2) is 31.9 Å².